The molecule has 1 saturated heterocycles. The van der Waals surface area contributed by atoms with Gasteiger partial charge in [-0.1, -0.05) is 0 Å². The van der Waals surface area contributed by atoms with E-state index in [1.54, 1.807) is 0 Å². The Morgan fingerprint density at radius 1 is 1.33 bits per heavy atom. The lowest BCUT2D eigenvalue weighted by Gasteiger charge is -2.30. The van der Waals surface area contributed by atoms with Crippen LogP contribution in [0.25, 0.3) is 0 Å². The highest BCUT2D eigenvalue weighted by Crippen LogP contribution is 2.21. The van der Waals surface area contributed by atoms with Crippen molar-refractivity contribution in [2.75, 3.05) is 32.0 Å². The fraction of sp³-hybridized carbons (Fsp3) is 0.538. The number of halogens is 3. The summed E-state index contributed by atoms with van der Waals surface area (Å²) in [5, 5.41) is 2.80. The van der Waals surface area contributed by atoms with Crippen molar-refractivity contribution in [3.63, 3.8) is 0 Å². The Morgan fingerprint density at radius 2 is 2.11 bits per heavy atom. The fourth-order valence-electron chi connectivity index (χ4n) is 2.38. The van der Waals surface area contributed by atoms with Crippen LogP contribution in [0.2, 0.25) is 0 Å². The van der Waals surface area contributed by atoms with Gasteiger partial charge < -0.3 is 10.2 Å². The van der Waals surface area contributed by atoms with Crippen LogP contribution in [-0.2, 0) is 0 Å². The molecule has 1 fully saturated rings. The van der Waals surface area contributed by atoms with Crippen LogP contribution in [0.3, 0.4) is 0 Å². The first-order valence-electron chi connectivity index (χ1n) is 6.13. The van der Waals surface area contributed by atoms with Gasteiger partial charge in [0.1, 0.15) is 5.82 Å². The van der Waals surface area contributed by atoms with Crippen LogP contribution in [0.1, 0.15) is 12.8 Å². The van der Waals surface area contributed by atoms with Gasteiger partial charge in [-0.3, -0.25) is 0 Å². The molecule has 100 valence electrons. The van der Waals surface area contributed by atoms with E-state index in [2.05, 4.69) is 10.2 Å². The number of rotatable bonds is 3. The van der Waals surface area contributed by atoms with E-state index in [9.17, 15) is 13.2 Å². The summed E-state index contributed by atoms with van der Waals surface area (Å²) in [6.07, 6.45) is 2.15. The minimum absolute atomic E-state index is 0.0965. The van der Waals surface area contributed by atoms with E-state index in [-0.39, 0.29) is 5.69 Å². The molecule has 0 amide bonds. The summed E-state index contributed by atoms with van der Waals surface area (Å²) in [7, 11) is 2.04. The molecule has 5 heteroatoms. The number of nitrogens with zero attached hydrogens (tertiary/aromatic N) is 1. The molecule has 0 aromatic heterocycles. The Bertz CT molecular complexity index is 423. The predicted octanol–water partition coefficient (Wildman–Crippen LogP) is 2.86. The molecule has 0 saturated carbocycles. The molecule has 0 aliphatic carbocycles. The molecule has 1 aromatic rings. The van der Waals surface area contributed by atoms with Gasteiger partial charge in [0.2, 0.25) is 0 Å². The molecule has 18 heavy (non-hydrogen) atoms. The standard InChI is InChI=1S/C13H17F3N2/c1-18-4-2-3-9(8-18)7-17-12-6-10(14)5-11(15)13(12)16/h5-6,9,17H,2-4,7-8H2,1H3. The van der Waals surface area contributed by atoms with E-state index >= 15 is 0 Å². The molecule has 1 aliphatic rings. The maximum atomic E-state index is 13.4. The number of piperidine rings is 1. The molecule has 0 spiro atoms. The van der Waals surface area contributed by atoms with Gasteiger partial charge in [-0.25, -0.2) is 13.2 Å². The quantitative estimate of drug-likeness (QED) is 0.839. The minimum atomic E-state index is -1.15. The number of nitrogens with one attached hydrogen (secondary N) is 1. The Morgan fingerprint density at radius 3 is 2.83 bits per heavy atom. The van der Waals surface area contributed by atoms with Crippen molar-refractivity contribution in [1.82, 2.24) is 4.90 Å². The molecule has 1 atom stereocenters. The van der Waals surface area contributed by atoms with Crippen molar-refractivity contribution >= 4 is 5.69 Å². The molecular formula is C13H17F3N2. The topological polar surface area (TPSA) is 15.3 Å². The van der Waals surface area contributed by atoms with Crippen molar-refractivity contribution in [2.24, 2.45) is 5.92 Å². The molecule has 2 rings (SSSR count). The third-order valence-corrected chi connectivity index (χ3v) is 3.30. The van der Waals surface area contributed by atoms with Crippen molar-refractivity contribution in [3.8, 4) is 0 Å². The number of likely N-dealkylation sites (tertiary alicyclic amines) is 1. The maximum absolute atomic E-state index is 13.4. The largest absolute Gasteiger partial charge is 0.382 e. The van der Waals surface area contributed by atoms with Crippen molar-refractivity contribution in [2.45, 2.75) is 12.8 Å². The van der Waals surface area contributed by atoms with Gasteiger partial charge in [0.15, 0.2) is 11.6 Å². The average molecular weight is 258 g/mol. The summed E-state index contributed by atoms with van der Waals surface area (Å²) in [6.45, 7) is 2.52. The van der Waals surface area contributed by atoms with Gasteiger partial charge in [-0.2, -0.15) is 0 Å². The number of hydrogen-bond acceptors (Lipinski definition) is 2. The molecule has 0 bridgehead atoms. The molecule has 1 aliphatic heterocycles. The Balaban J connectivity index is 1.97. The molecule has 1 N–H and O–H groups in total. The first-order chi connectivity index (χ1) is 8.56. The van der Waals surface area contributed by atoms with Gasteiger partial charge in [0, 0.05) is 25.2 Å². The SMILES string of the molecule is CN1CCCC(CNc2cc(F)cc(F)c2F)C1. The second-order valence-corrected chi connectivity index (χ2v) is 4.90. The summed E-state index contributed by atoms with van der Waals surface area (Å²) in [6, 6.07) is 1.54. The summed E-state index contributed by atoms with van der Waals surface area (Å²) in [4.78, 5) is 2.21. The highest BCUT2D eigenvalue weighted by atomic mass is 19.2. The van der Waals surface area contributed by atoms with Gasteiger partial charge in [-0.15, -0.1) is 0 Å². The van der Waals surface area contributed by atoms with Crippen molar-refractivity contribution in [3.05, 3.63) is 29.6 Å². The van der Waals surface area contributed by atoms with E-state index in [4.69, 9.17) is 0 Å². The molecular weight excluding hydrogens is 241 g/mol. The van der Waals surface area contributed by atoms with Crippen LogP contribution in [0.15, 0.2) is 12.1 Å². The number of anilines is 1. The monoisotopic (exact) mass is 258 g/mol. The first kappa shape index (κ1) is 13.2. The lowest BCUT2D eigenvalue weighted by Crippen LogP contribution is -2.35. The van der Waals surface area contributed by atoms with E-state index in [0.29, 0.717) is 18.5 Å². The minimum Gasteiger partial charge on any atom is -0.382 e. The maximum Gasteiger partial charge on any atom is 0.182 e. The fourth-order valence-corrected chi connectivity index (χ4v) is 2.38. The average Bonchev–Trinajstić information content (AvgIpc) is 2.32. The molecule has 1 unspecified atom stereocenters. The molecule has 1 heterocycles. The van der Waals surface area contributed by atoms with E-state index in [1.165, 1.54) is 0 Å². The number of hydrogen-bond donors (Lipinski definition) is 1. The van der Waals surface area contributed by atoms with Crippen LogP contribution < -0.4 is 5.32 Å². The van der Waals surface area contributed by atoms with Gasteiger partial charge in [0.25, 0.3) is 0 Å². The highest BCUT2D eigenvalue weighted by Gasteiger charge is 2.18. The Hall–Kier alpha value is -1.23. The predicted molar refractivity (Wildman–Crippen MR) is 65.0 cm³/mol. The normalized spacial score (nSPS) is 21.0. The van der Waals surface area contributed by atoms with Gasteiger partial charge >= 0.3 is 0 Å². The highest BCUT2D eigenvalue weighted by molar-refractivity contribution is 5.45. The summed E-state index contributed by atoms with van der Waals surface area (Å²) in [5.74, 6) is -2.55. The summed E-state index contributed by atoms with van der Waals surface area (Å²) < 4.78 is 39.4. The zero-order chi connectivity index (χ0) is 13.1. The van der Waals surface area contributed by atoms with E-state index in [1.807, 2.05) is 7.05 Å². The van der Waals surface area contributed by atoms with Crippen molar-refractivity contribution in [1.29, 1.82) is 0 Å². The summed E-state index contributed by atoms with van der Waals surface area (Å²) in [5.41, 5.74) is -0.0965. The van der Waals surface area contributed by atoms with Crippen LogP contribution in [0.5, 0.6) is 0 Å². The number of benzene rings is 1. The Labute approximate surface area is 105 Å². The molecule has 0 radical (unpaired) electrons. The lowest BCUT2D eigenvalue weighted by atomic mass is 9.98. The lowest BCUT2D eigenvalue weighted by molar-refractivity contribution is 0.217. The third-order valence-electron chi connectivity index (χ3n) is 3.30. The van der Waals surface area contributed by atoms with E-state index in [0.717, 1.165) is 32.0 Å². The van der Waals surface area contributed by atoms with Crippen LogP contribution in [0.4, 0.5) is 18.9 Å². The zero-order valence-electron chi connectivity index (χ0n) is 10.3. The van der Waals surface area contributed by atoms with E-state index < -0.39 is 17.5 Å². The van der Waals surface area contributed by atoms with Crippen LogP contribution in [0, 0.1) is 23.4 Å². The smallest absolute Gasteiger partial charge is 0.182 e. The van der Waals surface area contributed by atoms with Gasteiger partial charge in [0.05, 0.1) is 5.69 Å². The second-order valence-electron chi connectivity index (χ2n) is 4.90. The third kappa shape index (κ3) is 3.16. The van der Waals surface area contributed by atoms with Crippen LogP contribution in [-0.4, -0.2) is 31.6 Å². The second kappa shape index (κ2) is 5.61. The first-order valence-corrected chi connectivity index (χ1v) is 6.13. The summed E-state index contributed by atoms with van der Waals surface area (Å²) >= 11 is 0. The van der Waals surface area contributed by atoms with Crippen molar-refractivity contribution < 1.29 is 13.2 Å². The Kier molecular flexibility index (Phi) is 4.11. The van der Waals surface area contributed by atoms with Gasteiger partial charge in [-0.05, 0) is 32.4 Å². The molecule has 1 aromatic carbocycles. The zero-order valence-corrected chi connectivity index (χ0v) is 10.3. The molecule has 2 nitrogen and oxygen atoms in total. The van der Waals surface area contributed by atoms with Crippen LogP contribution >= 0.6 is 0 Å².